The zero-order valence-electron chi connectivity index (χ0n) is 15.7. The van der Waals surface area contributed by atoms with E-state index >= 15 is 0 Å². The number of halogens is 1. The number of benzene rings is 1. The molecule has 3 atom stereocenters. The van der Waals surface area contributed by atoms with Gasteiger partial charge in [-0.15, -0.1) is 0 Å². The van der Waals surface area contributed by atoms with Gasteiger partial charge in [0.15, 0.2) is 5.78 Å². The Morgan fingerprint density at radius 3 is 2.70 bits per heavy atom. The lowest BCUT2D eigenvalue weighted by Crippen LogP contribution is -2.41. The molecule has 6 heteroatoms. The van der Waals surface area contributed by atoms with Crippen molar-refractivity contribution in [1.82, 2.24) is 0 Å². The molecule has 1 saturated carbocycles. The Morgan fingerprint density at radius 1 is 1.26 bits per heavy atom. The third-order valence-corrected chi connectivity index (χ3v) is 5.13. The van der Waals surface area contributed by atoms with Crippen molar-refractivity contribution in [3.63, 3.8) is 0 Å². The molecule has 1 aliphatic heterocycles. The second-order valence-electron chi connectivity index (χ2n) is 7.51. The molecule has 0 N–H and O–H groups in total. The molecule has 1 heterocycles. The molecular weight excluding hydrogens is 368 g/mol. The fourth-order valence-electron chi connectivity index (χ4n) is 3.43. The van der Waals surface area contributed by atoms with E-state index in [1.54, 1.807) is 18.4 Å². The van der Waals surface area contributed by atoms with Gasteiger partial charge in [-0.25, -0.2) is 4.79 Å². The van der Waals surface area contributed by atoms with Crippen molar-refractivity contribution in [2.24, 2.45) is 11.8 Å². The molecule has 0 aromatic heterocycles. The third-order valence-electron chi connectivity index (χ3n) is 4.88. The fourth-order valence-corrected chi connectivity index (χ4v) is 3.56. The molecule has 1 fully saturated rings. The summed E-state index contributed by atoms with van der Waals surface area (Å²) in [6.45, 7) is 4.30. The summed E-state index contributed by atoms with van der Waals surface area (Å²) in [6.07, 6.45) is 3.24. The van der Waals surface area contributed by atoms with Crippen LogP contribution in [0.5, 0.6) is 0 Å². The highest BCUT2D eigenvalue weighted by atomic mass is 35.5. The number of allylic oxidation sites excluding steroid dienone is 1. The normalized spacial score (nSPS) is 24.8. The molecule has 0 radical (unpaired) electrons. The van der Waals surface area contributed by atoms with Crippen LogP contribution in [0.2, 0.25) is 5.02 Å². The van der Waals surface area contributed by atoms with Gasteiger partial charge in [0.1, 0.15) is 12.7 Å². The summed E-state index contributed by atoms with van der Waals surface area (Å²) < 4.78 is 16.7. The van der Waals surface area contributed by atoms with Gasteiger partial charge < -0.3 is 14.2 Å². The first-order valence-electron chi connectivity index (χ1n) is 9.37. The van der Waals surface area contributed by atoms with Gasteiger partial charge in [0.2, 0.25) is 0 Å². The zero-order chi connectivity index (χ0) is 19.4. The molecule has 1 aromatic rings. The Labute approximate surface area is 164 Å². The Bertz CT molecular complexity index is 710. The van der Waals surface area contributed by atoms with Gasteiger partial charge in [0.05, 0.1) is 30.5 Å². The molecule has 3 unspecified atom stereocenters. The van der Waals surface area contributed by atoms with Crippen LogP contribution in [0.4, 0.5) is 0 Å². The van der Waals surface area contributed by atoms with Gasteiger partial charge in [-0.3, -0.25) is 4.79 Å². The van der Waals surface area contributed by atoms with Crippen LogP contribution in [0.3, 0.4) is 0 Å². The van der Waals surface area contributed by atoms with Crippen LogP contribution < -0.4 is 0 Å². The Morgan fingerprint density at radius 2 is 2.00 bits per heavy atom. The number of Topliss-reactive ketones (excluding diaryl/α,β-unsaturated/α-hetero) is 1. The van der Waals surface area contributed by atoms with Crippen LogP contribution >= 0.6 is 11.6 Å². The number of ether oxygens (including phenoxy) is 3. The van der Waals surface area contributed by atoms with Crippen molar-refractivity contribution in [3.05, 3.63) is 41.1 Å². The molecule has 0 bridgehead atoms. The molecule has 0 amide bonds. The fraction of sp³-hybridized carbons (Fsp3) is 0.524. The lowest BCUT2D eigenvalue weighted by Gasteiger charge is -2.37. The number of carbonyl (C=O) groups is 2. The smallest absolute Gasteiger partial charge is 0.332 e. The van der Waals surface area contributed by atoms with E-state index < -0.39 is 0 Å². The van der Waals surface area contributed by atoms with E-state index in [4.69, 9.17) is 25.8 Å². The van der Waals surface area contributed by atoms with E-state index in [1.807, 2.05) is 26.0 Å². The minimum atomic E-state index is -0.351. The van der Waals surface area contributed by atoms with E-state index in [9.17, 15) is 9.59 Å². The largest absolute Gasteiger partial charge is 0.496 e. The van der Waals surface area contributed by atoms with Crippen molar-refractivity contribution in [1.29, 1.82) is 0 Å². The standard InChI is InChI=1S/C21H25ClO5/c1-13(2)10-27-20(23)12-25-16-7-8-17-19(9-16)26-11-18(21(17)24)14-3-5-15(22)6-4-14/h3-6,11,13,16-17,19H,7-10,12H2,1-2H3. The maximum atomic E-state index is 12.9. The summed E-state index contributed by atoms with van der Waals surface area (Å²) in [6, 6.07) is 7.18. The predicted octanol–water partition coefficient (Wildman–Crippen LogP) is 4.03. The van der Waals surface area contributed by atoms with Crippen LogP contribution in [0, 0.1) is 11.8 Å². The Kier molecular flexibility index (Phi) is 6.55. The van der Waals surface area contributed by atoms with Gasteiger partial charge >= 0.3 is 5.97 Å². The van der Waals surface area contributed by atoms with Gasteiger partial charge in [0.25, 0.3) is 0 Å². The summed E-state index contributed by atoms with van der Waals surface area (Å²) in [7, 11) is 0. The van der Waals surface area contributed by atoms with Crippen molar-refractivity contribution in [2.75, 3.05) is 13.2 Å². The van der Waals surface area contributed by atoms with Crippen molar-refractivity contribution in [2.45, 2.75) is 45.3 Å². The third kappa shape index (κ3) is 5.11. The summed E-state index contributed by atoms with van der Waals surface area (Å²) in [5.74, 6) is -0.124. The maximum absolute atomic E-state index is 12.9. The van der Waals surface area contributed by atoms with E-state index in [0.29, 0.717) is 36.0 Å². The monoisotopic (exact) mass is 392 g/mol. The van der Waals surface area contributed by atoms with E-state index in [0.717, 1.165) is 12.0 Å². The first-order valence-corrected chi connectivity index (χ1v) is 9.75. The van der Waals surface area contributed by atoms with Crippen LogP contribution in [-0.4, -0.2) is 37.2 Å². The van der Waals surface area contributed by atoms with Crippen molar-refractivity contribution >= 4 is 28.9 Å². The van der Waals surface area contributed by atoms with Crippen LogP contribution in [0.25, 0.3) is 5.57 Å². The van der Waals surface area contributed by atoms with Gasteiger partial charge in [-0.05, 0) is 36.5 Å². The highest BCUT2D eigenvalue weighted by molar-refractivity contribution is 6.30. The van der Waals surface area contributed by atoms with Gasteiger partial charge in [0, 0.05) is 11.4 Å². The molecule has 27 heavy (non-hydrogen) atoms. The van der Waals surface area contributed by atoms with Crippen LogP contribution in [0.15, 0.2) is 30.5 Å². The average molecular weight is 393 g/mol. The second kappa shape index (κ2) is 8.89. The number of ketones is 1. The van der Waals surface area contributed by atoms with E-state index in [-0.39, 0.29) is 36.5 Å². The highest BCUT2D eigenvalue weighted by Crippen LogP contribution is 2.37. The number of esters is 1. The molecule has 0 spiro atoms. The van der Waals surface area contributed by atoms with Crippen LogP contribution in [-0.2, 0) is 23.8 Å². The molecule has 146 valence electrons. The Hall–Kier alpha value is -1.85. The van der Waals surface area contributed by atoms with Crippen LogP contribution in [0.1, 0.15) is 38.7 Å². The van der Waals surface area contributed by atoms with Gasteiger partial charge in [-0.1, -0.05) is 37.6 Å². The maximum Gasteiger partial charge on any atom is 0.332 e. The molecule has 2 aliphatic rings. The lowest BCUT2D eigenvalue weighted by atomic mass is 9.78. The van der Waals surface area contributed by atoms with Gasteiger partial charge in [-0.2, -0.15) is 0 Å². The SMILES string of the molecule is CC(C)COC(=O)COC1CCC2C(=O)C(c3ccc(Cl)cc3)=COC2C1. The topological polar surface area (TPSA) is 61.8 Å². The lowest BCUT2D eigenvalue weighted by molar-refractivity contribution is -0.155. The molecule has 1 aromatic carbocycles. The van der Waals surface area contributed by atoms with E-state index in [1.165, 1.54) is 0 Å². The summed E-state index contributed by atoms with van der Waals surface area (Å²) in [4.78, 5) is 24.6. The first-order chi connectivity index (χ1) is 12.9. The van der Waals surface area contributed by atoms with Crippen molar-refractivity contribution in [3.8, 4) is 0 Å². The molecule has 5 nitrogen and oxygen atoms in total. The van der Waals surface area contributed by atoms with E-state index in [2.05, 4.69) is 0 Å². The minimum absolute atomic E-state index is 0.0609. The molecular formula is C21H25ClO5. The number of rotatable bonds is 6. The number of carbonyl (C=O) groups excluding carboxylic acids is 2. The number of fused-ring (bicyclic) bond motifs is 1. The number of hydrogen-bond donors (Lipinski definition) is 0. The second-order valence-corrected chi connectivity index (χ2v) is 7.94. The van der Waals surface area contributed by atoms with Crippen molar-refractivity contribution < 1.29 is 23.8 Å². The summed E-state index contributed by atoms with van der Waals surface area (Å²) >= 11 is 5.92. The highest BCUT2D eigenvalue weighted by Gasteiger charge is 2.40. The average Bonchev–Trinajstić information content (AvgIpc) is 2.66. The Balaban J connectivity index is 1.55. The summed E-state index contributed by atoms with van der Waals surface area (Å²) in [5.41, 5.74) is 1.40. The summed E-state index contributed by atoms with van der Waals surface area (Å²) in [5, 5.41) is 0.631. The zero-order valence-corrected chi connectivity index (χ0v) is 16.4. The predicted molar refractivity (Wildman–Crippen MR) is 102 cm³/mol. The quantitative estimate of drug-likeness (QED) is 0.684. The minimum Gasteiger partial charge on any atom is -0.496 e. The first kappa shape index (κ1) is 19.9. The molecule has 3 rings (SSSR count). The molecule has 0 saturated heterocycles. The number of hydrogen-bond acceptors (Lipinski definition) is 5. The molecule has 1 aliphatic carbocycles.